The summed E-state index contributed by atoms with van der Waals surface area (Å²) in [6, 6.07) is 14.7. The summed E-state index contributed by atoms with van der Waals surface area (Å²) < 4.78 is 2.00. The number of carbonyl (C=O) groups excluding carboxylic acids is 2. The number of likely N-dealkylation sites (N-methyl/N-ethyl adjacent to an activating group) is 1. The van der Waals surface area contributed by atoms with Crippen molar-refractivity contribution < 1.29 is 14.5 Å². The first-order valence-electron chi connectivity index (χ1n) is 10.9. The minimum Gasteiger partial charge on any atom is -0.350 e. The summed E-state index contributed by atoms with van der Waals surface area (Å²) in [5.41, 5.74) is 2.39. The summed E-state index contributed by atoms with van der Waals surface area (Å²) in [5, 5.41) is 7.05. The highest BCUT2D eigenvalue weighted by atomic mass is 35.5. The molecule has 0 saturated carbocycles. The van der Waals surface area contributed by atoms with Gasteiger partial charge in [-0.1, -0.05) is 41.9 Å². The van der Waals surface area contributed by atoms with Gasteiger partial charge in [0, 0.05) is 29.7 Å². The highest BCUT2D eigenvalue weighted by Gasteiger charge is 2.18. The van der Waals surface area contributed by atoms with Crippen LogP contribution in [-0.2, 0) is 11.8 Å². The number of hydrogen-bond donors (Lipinski definition) is 3. The average molecular weight is 454 g/mol. The number of para-hydroxylation sites is 1. The first-order chi connectivity index (χ1) is 15.4. The normalized spacial score (nSPS) is 11.7. The number of nitrogens with one attached hydrogen (secondary N) is 3. The van der Waals surface area contributed by atoms with Crippen LogP contribution in [0.4, 0.5) is 0 Å². The van der Waals surface area contributed by atoms with Gasteiger partial charge >= 0.3 is 0 Å². The van der Waals surface area contributed by atoms with Crippen molar-refractivity contribution >= 4 is 40.4 Å². The number of aryl methyl sites for hydroxylation is 1. The molecule has 0 spiro atoms. The van der Waals surface area contributed by atoms with E-state index in [1.807, 2.05) is 42.1 Å². The Morgan fingerprint density at radius 1 is 1.06 bits per heavy atom. The van der Waals surface area contributed by atoms with Crippen molar-refractivity contribution in [2.24, 2.45) is 7.05 Å². The lowest BCUT2D eigenvalue weighted by Gasteiger charge is -2.16. The molecule has 1 heterocycles. The summed E-state index contributed by atoms with van der Waals surface area (Å²) in [6.07, 6.45) is 3.66. The SMILES string of the molecule is CC[NH+](CC)CCNC(=O)/C(=C/c1cn(C)c2ccccc12)NC(=O)c1ccccc1Cl. The fourth-order valence-corrected chi connectivity index (χ4v) is 3.91. The second kappa shape index (κ2) is 11.0. The molecule has 2 amide bonds. The number of fused-ring (bicyclic) bond motifs is 1. The van der Waals surface area contributed by atoms with E-state index in [1.54, 1.807) is 30.3 Å². The van der Waals surface area contributed by atoms with Gasteiger partial charge in [0.1, 0.15) is 5.70 Å². The van der Waals surface area contributed by atoms with Crippen LogP contribution in [0.2, 0.25) is 5.02 Å². The molecule has 0 aliphatic heterocycles. The third-order valence-corrected chi connectivity index (χ3v) is 5.93. The number of nitrogens with zero attached hydrogens (tertiary/aromatic N) is 1. The van der Waals surface area contributed by atoms with Gasteiger partial charge in [0.05, 0.1) is 36.8 Å². The number of carbonyl (C=O) groups is 2. The highest BCUT2D eigenvalue weighted by molar-refractivity contribution is 6.34. The maximum Gasteiger partial charge on any atom is 0.268 e. The number of hydrogen-bond acceptors (Lipinski definition) is 2. The zero-order valence-electron chi connectivity index (χ0n) is 18.7. The molecule has 0 bridgehead atoms. The molecular formula is C25H30ClN4O2+. The number of quaternary nitrogens is 1. The number of halogens is 1. The fourth-order valence-electron chi connectivity index (χ4n) is 3.69. The van der Waals surface area contributed by atoms with Crippen LogP contribution >= 0.6 is 11.6 Å². The number of benzene rings is 2. The van der Waals surface area contributed by atoms with Gasteiger partial charge in [-0.25, -0.2) is 0 Å². The van der Waals surface area contributed by atoms with E-state index in [0.717, 1.165) is 36.1 Å². The summed E-state index contributed by atoms with van der Waals surface area (Å²) in [4.78, 5) is 27.3. The Labute approximate surface area is 193 Å². The van der Waals surface area contributed by atoms with Crippen molar-refractivity contribution in [1.82, 2.24) is 15.2 Å². The lowest BCUT2D eigenvalue weighted by molar-refractivity contribution is -0.895. The fraction of sp³-hybridized carbons (Fsp3) is 0.280. The van der Waals surface area contributed by atoms with Crippen molar-refractivity contribution in [3.8, 4) is 0 Å². The van der Waals surface area contributed by atoms with E-state index in [4.69, 9.17) is 11.6 Å². The molecule has 168 valence electrons. The minimum atomic E-state index is -0.424. The van der Waals surface area contributed by atoms with Crippen molar-refractivity contribution in [3.63, 3.8) is 0 Å². The maximum atomic E-state index is 13.1. The molecule has 1 aromatic heterocycles. The molecule has 0 saturated heterocycles. The van der Waals surface area contributed by atoms with E-state index in [0.29, 0.717) is 17.1 Å². The molecule has 0 radical (unpaired) electrons. The zero-order valence-corrected chi connectivity index (χ0v) is 19.5. The van der Waals surface area contributed by atoms with Gasteiger partial charge in [-0.05, 0) is 38.1 Å². The average Bonchev–Trinajstić information content (AvgIpc) is 3.12. The monoisotopic (exact) mass is 453 g/mol. The van der Waals surface area contributed by atoms with E-state index in [-0.39, 0.29) is 11.6 Å². The van der Waals surface area contributed by atoms with Crippen LogP contribution in [0.1, 0.15) is 29.8 Å². The van der Waals surface area contributed by atoms with Gasteiger partial charge in [-0.15, -0.1) is 0 Å². The second-order valence-corrected chi connectivity index (χ2v) is 8.07. The van der Waals surface area contributed by atoms with Gasteiger partial charge < -0.3 is 20.1 Å². The Hall–Kier alpha value is -3.09. The lowest BCUT2D eigenvalue weighted by atomic mass is 10.1. The van der Waals surface area contributed by atoms with Crippen molar-refractivity contribution in [3.05, 3.63) is 76.6 Å². The molecule has 32 heavy (non-hydrogen) atoms. The highest BCUT2D eigenvalue weighted by Crippen LogP contribution is 2.22. The molecule has 7 heteroatoms. The molecule has 0 aliphatic rings. The molecular weight excluding hydrogens is 424 g/mol. The third-order valence-electron chi connectivity index (χ3n) is 5.60. The number of aromatic nitrogens is 1. The third kappa shape index (κ3) is 5.58. The Kier molecular flexibility index (Phi) is 8.09. The first kappa shape index (κ1) is 23.6. The van der Waals surface area contributed by atoms with E-state index in [1.165, 1.54) is 4.90 Å². The number of rotatable bonds is 9. The van der Waals surface area contributed by atoms with E-state index < -0.39 is 5.91 Å². The summed E-state index contributed by atoms with van der Waals surface area (Å²) >= 11 is 6.19. The van der Waals surface area contributed by atoms with Crippen LogP contribution in [-0.4, -0.2) is 42.6 Å². The summed E-state index contributed by atoms with van der Waals surface area (Å²) in [5.74, 6) is -0.753. The predicted octanol–water partition coefficient (Wildman–Crippen LogP) is 2.64. The molecule has 6 nitrogen and oxygen atoms in total. The van der Waals surface area contributed by atoms with Crippen LogP contribution < -0.4 is 15.5 Å². The predicted molar refractivity (Wildman–Crippen MR) is 130 cm³/mol. The second-order valence-electron chi connectivity index (χ2n) is 7.67. The van der Waals surface area contributed by atoms with Gasteiger partial charge in [0.15, 0.2) is 0 Å². The van der Waals surface area contributed by atoms with E-state index >= 15 is 0 Å². The molecule has 2 aromatic carbocycles. The standard InChI is InChI=1S/C25H29ClN4O2/c1-4-30(5-2)15-14-27-25(32)22(28-24(31)20-11-6-8-12-21(20)26)16-18-17-29(3)23-13-9-7-10-19(18)23/h6-13,16-17H,4-5,14-15H2,1-3H3,(H,27,32)(H,28,31)/p+1/b22-16-. The Balaban J connectivity index is 1.90. The number of amides is 2. The van der Waals surface area contributed by atoms with Gasteiger partial charge in [-0.2, -0.15) is 0 Å². The van der Waals surface area contributed by atoms with Crippen molar-refractivity contribution in [1.29, 1.82) is 0 Å². The quantitative estimate of drug-likeness (QED) is 0.436. The minimum absolute atomic E-state index is 0.181. The van der Waals surface area contributed by atoms with Gasteiger partial charge in [0.2, 0.25) is 0 Å². The van der Waals surface area contributed by atoms with E-state index in [2.05, 4.69) is 24.5 Å². The molecule has 3 aromatic rings. The van der Waals surface area contributed by atoms with Crippen LogP contribution in [0.3, 0.4) is 0 Å². The first-order valence-corrected chi connectivity index (χ1v) is 11.3. The zero-order chi connectivity index (χ0) is 23.1. The lowest BCUT2D eigenvalue weighted by Crippen LogP contribution is -3.12. The van der Waals surface area contributed by atoms with Crippen LogP contribution in [0.5, 0.6) is 0 Å². The topological polar surface area (TPSA) is 67.6 Å². The Morgan fingerprint density at radius 2 is 1.75 bits per heavy atom. The van der Waals surface area contributed by atoms with Gasteiger partial charge in [0.25, 0.3) is 11.8 Å². The van der Waals surface area contributed by atoms with Crippen LogP contribution in [0.15, 0.2) is 60.4 Å². The van der Waals surface area contributed by atoms with Crippen LogP contribution in [0, 0.1) is 0 Å². The maximum absolute atomic E-state index is 13.1. The van der Waals surface area contributed by atoms with E-state index in [9.17, 15) is 9.59 Å². The van der Waals surface area contributed by atoms with Crippen molar-refractivity contribution in [2.75, 3.05) is 26.2 Å². The molecule has 0 atom stereocenters. The van der Waals surface area contributed by atoms with Gasteiger partial charge in [-0.3, -0.25) is 9.59 Å². The molecule has 0 aliphatic carbocycles. The van der Waals surface area contributed by atoms with Crippen LogP contribution in [0.25, 0.3) is 17.0 Å². The summed E-state index contributed by atoms with van der Waals surface area (Å²) in [7, 11) is 1.95. The smallest absolute Gasteiger partial charge is 0.268 e. The largest absolute Gasteiger partial charge is 0.350 e. The Morgan fingerprint density at radius 3 is 2.47 bits per heavy atom. The molecule has 0 fully saturated rings. The summed E-state index contributed by atoms with van der Waals surface area (Å²) in [6.45, 7) is 7.57. The molecule has 3 rings (SSSR count). The van der Waals surface area contributed by atoms with Crippen molar-refractivity contribution in [2.45, 2.75) is 13.8 Å². The molecule has 3 N–H and O–H groups in total. The molecule has 0 unspecified atom stereocenters. The Bertz CT molecular complexity index is 1130.